The van der Waals surface area contributed by atoms with Crippen molar-refractivity contribution < 1.29 is 0 Å². The molecular weight excluding hydrogens is 194 g/mol. The summed E-state index contributed by atoms with van der Waals surface area (Å²) < 4.78 is 1.77. The van der Waals surface area contributed by atoms with Gasteiger partial charge in [0.25, 0.3) is 0 Å². The number of rotatable bonds is 2. The molecule has 3 nitrogen and oxygen atoms in total. The molecule has 0 saturated carbocycles. The average Bonchev–Trinajstić information content (AvgIpc) is 2.73. The summed E-state index contributed by atoms with van der Waals surface area (Å²) in [6, 6.07) is 3.97. The minimum absolute atomic E-state index is 0.0962. The highest BCUT2D eigenvalue weighted by Crippen LogP contribution is 2.22. The van der Waals surface area contributed by atoms with Crippen LogP contribution in [-0.4, -0.2) is 9.78 Å². The number of thiophene rings is 1. The SMILES string of the molecule is Cc1cc(C(N)c2ccn(C)n2)cs1. The lowest BCUT2D eigenvalue weighted by Gasteiger charge is -2.05. The lowest BCUT2D eigenvalue weighted by Crippen LogP contribution is -2.11. The van der Waals surface area contributed by atoms with Gasteiger partial charge < -0.3 is 5.73 Å². The van der Waals surface area contributed by atoms with Crippen molar-refractivity contribution in [2.75, 3.05) is 0 Å². The van der Waals surface area contributed by atoms with Crippen LogP contribution in [0.25, 0.3) is 0 Å². The van der Waals surface area contributed by atoms with Crippen molar-refractivity contribution in [2.24, 2.45) is 12.8 Å². The molecule has 0 bridgehead atoms. The first-order chi connectivity index (χ1) is 6.66. The van der Waals surface area contributed by atoms with Crippen molar-refractivity contribution in [3.05, 3.63) is 39.8 Å². The van der Waals surface area contributed by atoms with E-state index in [-0.39, 0.29) is 6.04 Å². The number of aromatic nitrogens is 2. The van der Waals surface area contributed by atoms with Crippen LogP contribution in [0.5, 0.6) is 0 Å². The molecule has 2 aromatic heterocycles. The molecule has 0 saturated heterocycles. The van der Waals surface area contributed by atoms with Crippen LogP contribution in [0.15, 0.2) is 23.7 Å². The highest BCUT2D eigenvalue weighted by Gasteiger charge is 2.12. The third-order valence-corrected chi connectivity index (χ3v) is 3.04. The number of hydrogen-bond donors (Lipinski definition) is 1. The van der Waals surface area contributed by atoms with E-state index >= 15 is 0 Å². The van der Waals surface area contributed by atoms with E-state index in [0.717, 1.165) is 11.3 Å². The van der Waals surface area contributed by atoms with Gasteiger partial charge in [-0.15, -0.1) is 11.3 Å². The fourth-order valence-electron chi connectivity index (χ4n) is 1.40. The van der Waals surface area contributed by atoms with Crippen molar-refractivity contribution in [3.63, 3.8) is 0 Å². The third kappa shape index (κ3) is 1.71. The van der Waals surface area contributed by atoms with Crippen LogP contribution in [0.1, 0.15) is 22.2 Å². The Morgan fingerprint density at radius 2 is 2.36 bits per heavy atom. The average molecular weight is 207 g/mol. The molecule has 0 aliphatic heterocycles. The molecule has 0 spiro atoms. The Bertz CT molecular complexity index is 390. The van der Waals surface area contributed by atoms with Gasteiger partial charge in [0, 0.05) is 18.1 Å². The van der Waals surface area contributed by atoms with Crippen molar-refractivity contribution in [1.29, 1.82) is 0 Å². The highest BCUT2D eigenvalue weighted by atomic mass is 32.1. The summed E-state index contributed by atoms with van der Waals surface area (Å²) >= 11 is 1.72. The fraction of sp³-hybridized carbons (Fsp3) is 0.300. The van der Waals surface area contributed by atoms with Gasteiger partial charge in [-0.25, -0.2) is 0 Å². The summed E-state index contributed by atoms with van der Waals surface area (Å²) in [5.74, 6) is 0. The molecule has 0 aliphatic carbocycles. The largest absolute Gasteiger partial charge is 0.319 e. The minimum atomic E-state index is -0.0962. The van der Waals surface area contributed by atoms with Gasteiger partial charge >= 0.3 is 0 Å². The molecule has 1 atom stereocenters. The molecule has 2 rings (SSSR count). The molecule has 0 aliphatic rings. The quantitative estimate of drug-likeness (QED) is 0.816. The lowest BCUT2D eigenvalue weighted by molar-refractivity contribution is 0.716. The molecule has 2 aromatic rings. The zero-order valence-electron chi connectivity index (χ0n) is 8.27. The van der Waals surface area contributed by atoms with Crippen LogP contribution in [0.2, 0.25) is 0 Å². The molecule has 4 heteroatoms. The minimum Gasteiger partial charge on any atom is -0.319 e. The molecule has 0 radical (unpaired) electrons. The monoisotopic (exact) mass is 207 g/mol. The molecular formula is C10H13N3S. The van der Waals surface area contributed by atoms with Gasteiger partial charge in [-0.1, -0.05) is 0 Å². The van der Waals surface area contributed by atoms with Crippen molar-refractivity contribution in [2.45, 2.75) is 13.0 Å². The summed E-state index contributed by atoms with van der Waals surface area (Å²) in [6.45, 7) is 2.08. The fourth-order valence-corrected chi connectivity index (χ4v) is 2.14. The van der Waals surface area contributed by atoms with E-state index in [1.165, 1.54) is 4.88 Å². The Labute approximate surface area is 87.2 Å². The van der Waals surface area contributed by atoms with Gasteiger partial charge in [0.05, 0.1) is 11.7 Å². The Kier molecular flexibility index (Phi) is 2.39. The van der Waals surface area contributed by atoms with Crippen LogP contribution in [0.4, 0.5) is 0 Å². The zero-order chi connectivity index (χ0) is 10.1. The van der Waals surface area contributed by atoms with Gasteiger partial charge in [-0.05, 0) is 30.0 Å². The number of hydrogen-bond acceptors (Lipinski definition) is 3. The molecule has 0 aromatic carbocycles. The zero-order valence-corrected chi connectivity index (χ0v) is 9.08. The Morgan fingerprint density at radius 3 is 2.86 bits per heavy atom. The summed E-state index contributed by atoms with van der Waals surface area (Å²) in [5.41, 5.74) is 8.14. The van der Waals surface area contributed by atoms with E-state index in [1.807, 2.05) is 19.3 Å². The van der Waals surface area contributed by atoms with E-state index in [2.05, 4.69) is 23.5 Å². The summed E-state index contributed by atoms with van der Waals surface area (Å²) in [6.07, 6.45) is 1.91. The van der Waals surface area contributed by atoms with Crippen molar-refractivity contribution in [1.82, 2.24) is 9.78 Å². The van der Waals surface area contributed by atoms with E-state index in [1.54, 1.807) is 16.0 Å². The second-order valence-electron chi connectivity index (χ2n) is 3.38. The van der Waals surface area contributed by atoms with Crippen LogP contribution < -0.4 is 5.73 Å². The molecule has 14 heavy (non-hydrogen) atoms. The van der Waals surface area contributed by atoms with E-state index in [0.29, 0.717) is 0 Å². The van der Waals surface area contributed by atoms with Crippen molar-refractivity contribution in [3.8, 4) is 0 Å². The molecule has 1 unspecified atom stereocenters. The molecule has 2 heterocycles. The van der Waals surface area contributed by atoms with E-state index in [9.17, 15) is 0 Å². The molecule has 0 amide bonds. The highest BCUT2D eigenvalue weighted by molar-refractivity contribution is 7.10. The van der Waals surface area contributed by atoms with E-state index in [4.69, 9.17) is 5.73 Å². The Morgan fingerprint density at radius 1 is 1.57 bits per heavy atom. The second-order valence-corrected chi connectivity index (χ2v) is 4.50. The first kappa shape index (κ1) is 9.43. The van der Waals surface area contributed by atoms with E-state index < -0.39 is 0 Å². The first-order valence-corrected chi connectivity index (χ1v) is 5.35. The number of nitrogens with zero attached hydrogens (tertiary/aromatic N) is 2. The maximum Gasteiger partial charge on any atom is 0.0837 e. The van der Waals surface area contributed by atoms with Crippen LogP contribution in [0.3, 0.4) is 0 Å². The number of nitrogens with two attached hydrogens (primary N) is 1. The van der Waals surface area contributed by atoms with Crippen LogP contribution in [0, 0.1) is 6.92 Å². The van der Waals surface area contributed by atoms with Gasteiger partial charge in [-0.2, -0.15) is 5.10 Å². The normalized spacial score (nSPS) is 13.1. The predicted molar refractivity (Wildman–Crippen MR) is 58.3 cm³/mol. The van der Waals surface area contributed by atoms with Gasteiger partial charge in [-0.3, -0.25) is 4.68 Å². The maximum atomic E-state index is 6.07. The van der Waals surface area contributed by atoms with Gasteiger partial charge in [0.15, 0.2) is 0 Å². The van der Waals surface area contributed by atoms with Crippen molar-refractivity contribution >= 4 is 11.3 Å². The Hall–Kier alpha value is -1.13. The summed E-state index contributed by atoms with van der Waals surface area (Å²) in [7, 11) is 1.90. The second kappa shape index (κ2) is 3.55. The first-order valence-electron chi connectivity index (χ1n) is 4.47. The number of aryl methyl sites for hydroxylation is 2. The maximum absolute atomic E-state index is 6.07. The molecule has 2 N–H and O–H groups in total. The van der Waals surface area contributed by atoms with Gasteiger partial charge in [0.1, 0.15) is 0 Å². The predicted octanol–water partition coefficient (Wildman–Crippen LogP) is 1.84. The lowest BCUT2D eigenvalue weighted by atomic mass is 10.1. The molecule has 0 fully saturated rings. The van der Waals surface area contributed by atoms with Crippen LogP contribution >= 0.6 is 11.3 Å². The summed E-state index contributed by atoms with van der Waals surface area (Å²) in [5, 5.41) is 6.38. The topological polar surface area (TPSA) is 43.8 Å². The summed E-state index contributed by atoms with van der Waals surface area (Å²) in [4.78, 5) is 1.28. The molecule has 74 valence electrons. The van der Waals surface area contributed by atoms with Gasteiger partial charge in [0.2, 0.25) is 0 Å². The smallest absolute Gasteiger partial charge is 0.0837 e. The van der Waals surface area contributed by atoms with Crippen LogP contribution in [-0.2, 0) is 7.05 Å². The standard InChI is InChI=1S/C10H13N3S/c1-7-5-8(6-14-7)10(11)9-3-4-13(2)12-9/h3-6,10H,11H2,1-2H3. The third-order valence-electron chi connectivity index (χ3n) is 2.16. The Balaban J connectivity index is 2.28.